The topological polar surface area (TPSA) is 88.5 Å². The Morgan fingerprint density at radius 3 is 2.61 bits per heavy atom. The van der Waals surface area contributed by atoms with Crippen LogP contribution >= 0.6 is 11.3 Å². The first-order chi connectivity index (χ1) is 13.6. The lowest BCUT2D eigenvalue weighted by Crippen LogP contribution is -2.25. The van der Waals surface area contributed by atoms with E-state index in [-0.39, 0.29) is 12.5 Å². The highest BCUT2D eigenvalue weighted by atomic mass is 32.1. The molecular formula is C21H22N2O4S. The maximum atomic E-state index is 12.0. The zero-order valence-corrected chi connectivity index (χ0v) is 16.2. The van der Waals surface area contributed by atoms with E-state index in [4.69, 9.17) is 9.84 Å². The van der Waals surface area contributed by atoms with Crippen LogP contribution in [0.1, 0.15) is 23.4 Å². The van der Waals surface area contributed by atoms with Crippen LogP contribution in [-0.2, 0) is 22.4 Å². The number of aliphatic carboxylic acids is 1. The van der Waals surface area contributed by atoms with E-state index in [1.54, 1.807) is 23.5 Å². The molecule has 1 aromatic heterocycles. The van der Waals surface area contributed by atoms with Crippen molar-refractivity contribution in [1.82, 2.24) is 10.3 Å². The fraction of sp³-hybridized carbons (Fsp3) is 0.286. The number of aryl methyl sites for hydroxylation is 1. The number of carbonyl (C=O) groups is 2. The highest BCUT2D eigenvalue weighted by molar-refractivity contribution is 7.18. The van der Waals surface area contributed by atoms with Gasteiger partial charge in [0.1, 0.15) is 5.75 Å². The molecular weight excluding hydrogens is 376 g/mol. The molecule has 28 heavy (non-hydrogen) atoms. The number of aromatic nitrogens is 1. The van der Waals surface area contributed by atoms with E-state index in [0.29, 0.717) is 25.1 Å². The molecule has 6 nitrogen and oxygen atoms in total. The average molecular weight is 398 g/mol. The summed E-state index contributed by atoms with van der Waals surface area (Å²) in [6.07, 6.45) is 2.78. The van der Waals surface area contributed by atoms with E-state index in [1.165, 1.54) is 4.70 Å². The van der Waals surface area contributed by atoms with Gasteiger partial charge in [-0.25, -0.2) is 9.78 Å². The van der Waals surface area contributed by atoms with E-state index in [9.17, 15) is 9.59 Å². The molecule has 1 heterocycles. The van der Waals surface area contributed by atoms with Gasteiger partial charge in [-0.1, -0.05) is 24.3 Å². The first-order valence-electron chi connectivity index (χ1n) is 9.15. The Kier molecular flexibility index (Phi) is 6.97. The average Bonchev–Trinajstić information content (AvgIpc) is 3.10. The lowest BCUT2D eigenvalue weighted by molar-refractivity contribution is -0.139. The third kappa shape index (κ3) is 6.06. The molecule has 0 aliphatic rings. The van der Waals surface area contributed by atoms with E-state index < -0.39 is 5.97 Å². The minimum atomic E-state index is -1.00. The third-order valence-electron chi connectivity index (χ3n) is 4.15. The summed E-state index contributed by atoms with van der Waals surface area (Å²) in [6.45, 7) is 0.210. The molecule has 0 radical (unpaired) electrons. The number of nitrogens with one attached hydrogen (secondary N) is 1. The highest BCUT2D eigenvalue weighted by Crippen LogP contribution is 2.22. The highest BCUT2D eigenvalue weighted by Gasteiger charge is 2.06. The molecule has 0 saturated heterocycles. The van der Waals surface area contributed by atoms with E-state index in [1.807, 2.05) is 30.3 Å². The summed E-state index contributed by atoms with van der Waals surface area (Å²) in [6, 6.07) is 15.3. The Morgan fingerprint density at radius 2 is 1.86 bits per heavy atom. The molecule has 3 aromatic rings. The summed E-state index contributed by atoms with van der Waals surface area (Å²) in [4.78, 5) is 27.1. The largest absolute Gasteiger partial charge is 0.482 e. The second-order valence-electron chi connectivity index (χ2n) is 6.36. The molecule has 0 spiro atoms. The first kappa shape index (κ1) is 19.8. The van der Waals surface area contributed by atoms with Crippen molar-refractivity contribution in [3.8, 4) is 5.75 Å². The van der Waals surface area contributed by atoms with Crippen LogP contribution in [0.4, 0.5) is 0 Å². The second kappa shape index (κ2) is 9.85. The molecule has 0 aliphatic heterocycles. The van der Waals surface area contributed by atoms with Crippen molar-refractivity contribution in [2.24, 2.45) is 0 Å². The zero-order chi connectivity index (χ0) is 19.8. The molecule has 1 amide bonds. The minimum absolute atomic E-state index is 0.0440. The predicted octanol–water partition coefficient (Wildman–Crippen LogP) is 3.44. The number of carboxylic acid groups (broad SMARTS) is 1. The molecule has 0 unspecified atom stereocenters. The molecule has 0 fully saturated rings. The maximum Gasteiger partial charge on any atom is 0.341 e. The summed E-state index contributed by atoms with van der Waals surface area (Å²) < 4.78 is 6.27. The molecule has 0 saturated carbocycles. The number of benzene rings is 2. The number of rotatable bonds is 10. The molecule has 2 aromatic carbocycles. The van der Waals surface area contributed by atoms with Crippen molar-refractivity contribution in [3.63, 3.8) is 0 Å². The molecule has 7 heteroatoms. The first-order valence-corrected chi connectivity index (χ1v) is 9.96. The number of carbonyl (C=O) groups excluding carboxylic acids is 1. The Labute approximate surface area is 167 Å². The van der Waals surface area contributed by atoms with Gasteiger partial charge in [0.2, 0.25) is 5.91 Å². The van der Waals surface area contributed by atoms with Crippen LogP contribution < -0.4 is 10.1 Å². The van der Waals surface area contributed by atoms with E-state index >= 15 is 0 Å². The molecule has 0 atom stereocenters. The van der Waals surface area contributed by atoms with E-state index in [0.717, 1.165) is 28.9 Å². The Morgan fingerprint density at radius 1 is 1.07 bits per heavy atom. The van der Waals surface area contributed by atoms with Gasteiger partial charge in [0.15, 0.2) is 6.61 Å². The fourth-order valence-corrected chi connectivity index (χ4v) is 3.77. The maximum absolute atomic E-state index is 12.0. The Balaban J connectivity index is 1.33. The van der Waals surface area contributed by atoms with Crippen LogP contribution in [-0.4, -0.2) is 35.1 Å². The van der Waals surface area contributed by atoms with Gasteiger partial charge in [-0.3, -0.25) is 4.79 Å². The lowest BCUT2D eigenvalue weighted by atomic mass is 10.1. The number of hydrogen-bond acceptors (Lipinski definition) is 5. The number of thiazole rings is 1. The molecule has 3 rings (SSSR count). The number of amides is 1. The number of ether oxygens (including phenoxy) is 1. The quantitative estimate of drug-likeness (QED) is 0.546. The van der Waals surface area contributed by atoms with Gasteiger partial charge >= 0.3 is 5.97 Å². The van der Waals surface area contributed by atoms with Gasteiger partial charge in [0.05, 0.1) is 15.2 Å². The predicted molar refractivity (Wildman–Crippen MR) is 109 cm³/mol. The molecule has 2 N–H and O–H groups in total. The number of carboxylic acids is 1. The number of fused-ring (bicyclic) bond motifs is 1. The third-order valence-corrected chi connectivity index (χ3v) is 5.25. The van der Waals surface area contributed by atoms with Gasteiger partial charge in [-0.05, 0) is 49.1 Å². The summed E-state index contributed by atoms with van der Waals surface area (Å²) in [5.41, 5.74) is 2.07. The van der Waals surface area contributed by atoms with Gasteiger partial charge in [0, 0.05) is 13.0 Å². The summed E-state index contributed by atoms with van der Waals surface area (Å²) >= 11 is 1.68. The zero-order valence-electron chi connectivity index (χ0n) is 15.4. The number of nitrogens with zero attached hydrogens (tertiary/aromatic N) is 1. The smallest absolute Gasteiger partial charge is 0.341 e. The summed E-state index contributed by atoms with van der Waals surface area (Å²) in [5, 5.41) is 12.6. The molecule has 146 valence electrons. The van der Waals surface area contributed by atoms with Crippen LogP contribution in [0.3, 0.4) is 0 Å². The van der Waals surface area contributed by atoms with Crippen LogP contribution in [0, 0.1) is 0 Å². The van der Waals surface area contributed by atoms with Gasteiger partial charge in [0.25, 0.3) is 0 Å². The van der Waals surface area contributed by atoms with Crippen molar-refractivity contribution >= 4 is 33.4 Å². The summed E-state index contributed by atoms with van der Waals surface area (Å²) in [7, 11) is 0. The lowest BCUT2D eigenvalue weighted by Gasteiger charge is -2.07. The monoisotopic (exact) mass is 398 g/mol. The van der Waals surface area contributed by atoms with E-state index in [2.05, 4.69) is 16.4 Å². The Hall–Kier alpha value is -2.93. The van der Waals surface area contributed by atoms with Crippen LogP contribution in [0.2, 0.25) is 0 Å². The van der Waals surface area contributed by atoms with Crippen molar-refractivity contribution < 1.29 is 19.4 Å². The van der Waals surface area contributed by atoms with Crippen molar-refractivity contribution in [2.45, 2.75) is 25.7 Å². The standard InChI is InChI=1S/C21H22N2O4S/c24-19(6-3-7-20-23-17-4-1-2-5-18(17)28-20)22-13-12-15-8-10-16(11-9-15)27-14-21(25)26/h1-2,4-5,8-11H,3,6-7,12-14H2,(H,22,24)(H,25,26). The van der Waals surface area contributed by atoms with Crippen LogP contribution in [0.5, 0.6) is 5.75 Å². The number of para-hydroxylation sites is 1. The van der Waals surface area contributed by atoms with Crippen LogP contribution in [0.25, 0.3) is 10.2 Å². The SMILES string of the molecule is O=C(O)COc1ccc(CCNC(=O)CCCc2nc3ccccc3s2)cc1. The van der Waals surface area contributed by atoms with Crippen molar-refractivity contribution in [3.05, 3.63) is 59.1 Å². The number of hydrogen-bond donors (Lipinski definition) is 2. The second-order valence-corrected chi connectivity index (χ2v) is 7.47. The normalized spacial score (nSPS) is 10.7. The fourth-order valence-electron chi connectivity index (χ4n) is 2.76. The minimum Gasteiger partial charge on any atom is -0.482 e. The van der Waals surface area contributed by atoms with Crippen molar-refractivity contribution in [1.29, 1.82) is 0 Å². The van der Waals surface area contributed by atoms with Gasteiger partial charge in [-0.2, -0.15) is 0 Å². The van der Waals surface area contributed by atoms with Gasteiger partial charge in [-0.15, -0.1) is 11.3 Å². The van der Waals surface area contributed by atoms with Crippen molar-refractivity contribution in [2.75, 3.05) is 13.2 Å². The Bertz CT molecular complexity index is 904. The molecule has 0 bridgehead atoms. The van der Waals surface area contributed by atoms with Crippen LogP contribution in [0.15, 0.2) is 48.5 Å². The molecule has 0 aliphatic carbocycles. The summed E-state index contributed by atoms with van der Waals surface area (Å²) in [5.74, 6) is -0.442. The van der Waals surface area contributed by atoms with Gasteiger partial charge < -0.3 is 15.2 Å².